The molecule has 0 atom stereocenters. The van der Waals surface area contributed by atoms with Crippen LogP contribution in [0, 0.1) is 83.1 Å². The molecule has 0 amide bonds. The molecule has 1 aliphatic heterocycles. The quantitative estimate of drug-likeness (QED) is 0.161. The fourth-order valence-corrected chi connectivity index (χ4v) is 9.97. The Kier molecular flexibility index (Phi) is 12.3. The van der Waals surface area contributed by atoms with Crippen molar-refractivity contribution >= 4 is 28.5 Å². The van der Waals surface area contributed by atoms with Gasteiger partial charge in [-0.05, 0) is 230 Å². The fraction of sp³-hybridized carbons (Fsp3) is 0.333. The van der Waals surface area contributed by atoms with Gasteiger partial charge in [0, 0.05) is 4.47 Å². The maximum atomic E-state index is 6.47. The van der Waals surface area contributed by atoms with Crippen molar-refractivity contribution < 1.29 is 9.31 Å². The smallest absolute Gasteiger partial charge is 0.399 e. The first-order valence-electron chi connectivity index (χ1n) is 20.7. The molecule has 1 aliphatic rings. The van der Waals surface area contributed by atoms with Crippen LogP contribution in [-0.2, 0) is 9.31 Å². The molecule has 6 aromatic carbocycles. The number of halogens is 1. The summed E-state index contributed by atoms with van der Waals surface area (Å²) in [6, 6.07) is 31.8. The highest BCUT2D eigenvalue weighted by molar-refractivity contribution is 9.10. The Hall–Kier alpha value is -4.22. The number of benzene rings is 6. The highest BCUT2D eigenvalue weighted by Gasteiger charge is 2.51. The minimum absolute atomic E-state index is 0.376. The lowest BCUT2D eigenvalue weighted by Crippen LogP contribution is -2.41. The van der Waals surface area contributed by atoms with Crippen LogP contribution in [0.25, 0.3) is 44.5 Å². The van der Waals surface area contributed by atoms with E-state index >= 15 is 0 Å². The molecule has 58 heavy (non-hydrogen) atoms. The Balaban J connectivity index is 0.000000203. The molecule has 1 fully saturated rings. The zero-order valence-electron chi connectivity index (χ0n) is 37.9. The topological polar surface area (TPSA) is 18.5 Å². The summed E-state index contributed by atoms with van der Waals surface area (Å²) in [5, 5.41) is 0. The largest absolute Gasteiger partial charge is 0.494 e. The first kappa shape index (κ1) is 43.4. The molecule has 6 aromatic rings. The molecule has 0 aromatic heterocycles. The molecular weight excluding hydrogens is 771 g/mol. The molecular formula is C54H62BBrO2. The summed E-state index contributed by atoms with van der Waals surface area (Å²) in [4.78, 5) is 0. The first-order chi connectivity index (χ1) is 27.0. The molecule has 1 saturated heterocycles. The van der Waals surface area contributed by atoms with Gasteiger partial charge in [0.05, 0.1) is 11.2 Å². The van der Waals surface area contributed by atoms with Crippen LogP contribution in [0.3, 0.4) is 0 Å². The van der Waals surface area contributed by atoms with Crippen molar-refractivity contribution in [3.05, 3.63) is 156 Å². The molecule has 300 valence electrons. The van der Waals surface area contributed by atoms with E-state index in [1.165, 1.54) is 111 Å². The molecule has 0 radical (unpaired) electrons. The lowest BCUT2D eigenvalue weighted by atomic mass is 9.75. The minimum Gasteiger partial charge on any atom is -0.399 e. The van der Waals surface area contributed by atoms with Crippen LogP contribution < -0.4 is 5.46 Å². The van der Waals surface area contributed by atoms with E-state index in [2.05, 4.69) is 212 Å². The van der Waals surface area contributed by atoms with Gasteiger partial charge < -0.3 is 9.31 Å². The zero-order valence-corrected chi connectivity index (χ0v) is 39.4. The van der Waals surface area contributed by atoms with Gasteiger partial charge in [-0.25, -0.2) is 0 Å². The van der Waals surface area contributed by atoms with Crippen LogP contribution in [0.15, 0.2) is 89.4 Å². The van der Waals surface area contributed by atoms with Gasteiger partial charge in [-0.2, -0.15) is 0 Å². The lowest BCUT2D eigenvalue weighted by molar-refractivity contribution is 0.00578. The second-order valence-electron chi connectivity index (χ2n) is 18.3. The van der Waals surface area contributed by atoms with Gasteiger partial charge in [0.15, 0.2) is 0 Å². The summed E-state index contributed by atoms with van der Waals surface area (Å²) in [5.41, 5.74) is 26.3. The van der Waals surface area contributed by atoms with Crippen molar-refractivity contribution in [2.24, 2.45) is 0 Å². The fourth-order valence-electron chi connectivity index (χ4n) is 9.48. The van der Waals surface area contributed by atoms with Crippen molar-refractivity contribution in [2.75, 3.05) is 0 Å². The predicted octanol–water partition coefficient (Wildman–Crippen LogP) is 14.8. The molecule has 0 spiro atoms. The van der Waals surface area contributed by atoms with E-state index < -0.39 is 7.12 Å². The van der Waals surface area contributed by atoms with Gasteiger partial charge >= 0.3 is 7.12 Å². The van der Waals surface area contributed by atoms with E-state index in [1.807, 2.05) is 0 Å². The van der Waals surface area contributed by atoms with Gasteiger partial charge in [-0.3, -0.25) is 0 Å². The highest BCUT2D eigenvalue weighted by Crippen LogP contribution is 2.40. The Labute approximate surface area is 358 Å². The van der Waals surface area contributed by atoms with Crippen molar-refractivity contribution in [1.29, 1.82) is 0 Å². The van der Waals surface area contributed by atoms with Crippen molar-refractivity contribution in [3.63, 3.8) is 0 Å². The van der Waals surface area contributed by atoms with Crippen LogP contribution in [0.5, 0.6) is 0 Å². The van der Waals surface area contributed by atoms with Crippen LogP contribution in [0.2, 0.25) is 0 Å². The summed E-state index contributed by atoms with van der Waals surface area (Å²) in [6.07, 6.45) is 0. The Morgan fingerprint density at radius 3 is 0.810 bits per heavy atom. The van der Waals surface area contributed by atoms with Gasteiger partial charge in [-0.1, -0.05) is 98.8 Å². The van der Waals surface area contributed by atoms with Crippen molar-refractivity contribution in [3.8, 4) is 44.5 Å². The van der Waals surface area contributed by atoms with E-state index in [0.717, 1.165) is 9.94 Å². The molecule has 0 N–H and O–H groups in total. The molecule has 1 heterocycles. The first-order valence-corrected chi connectivity index (χ1v) is 21.5. The molecule has 4 heteroatoms. The van der Waals surface area contributed by atoms with Crippen molar-refractivity contribution in [2.45, 2.75) is 122 Å². The van der Waals surface area contributed by atoms with Crippen LogP contribution in [-0.4, -0.2) is 18.3 Å². The molecule has 0 bridgehead atoms. The lowest BCUT2D eigenvalue weighted by Gasteiger charge is -2.32. The summed E-state index contributed by atoms with van der Waals surface area (Å²) in [7, 11) is -0.397. The molecule has 0 unspecified atom stereocenters. The third-order valence-electron chi connectivity index (χ3n) is 12.2. The maximum absolute atomic E-state index is 6.47. The highest BCUT2D eigenvalue weighted by atomic mass is 79.9. The van der Waals surface area contributed by atoms with Crippen LogP contribution >= 0.6 is 15.9 Å². The number of rotatable bonds is 5. The van der Waals surface area contributed by atoms with Crippen LogP contribution in [0.1, 0.15) is 94.5 Å². The number of hydrogen-bond donors (Lipinski definition) is 0. The van der Waals surface area contributed by atoms with Gasteiger partial charge in [-0.15, -0.1) is 0 Å². The van der Waals surface area contributed by atoms with E-state index in [4.69, 9.17) is 9.31 Å². The third-order valence-corrected chi connectivity index (χ3v) is 12.7. The van der Waals surface area contributed by atoms with E-state index in [0.29, 0.717) is 0 Å². The summed E-state index contributed by atoms with van der Waals surface area (Å²) >= 11 is 3.73. The summed E-state index contributed by atoms with van der Waals surface area (Å²) in [6.45, 7) is 34.7. The Morgan fingerprint density at radius 2 is 0.569 bits per heavy atom. The van der Waals surface area contributed by atoms with E-state index in [-0.39, 0.29) is 11.2 Å². The molecule has 0 aliphatic carbocycles. The number of hydrogen-bond acceptors (Lipinski definition) is 2. The zero-order chi connectivity index (χ0) is 42.6. The normalized spacial score (nSPS) is 14.4. The molecule has 7 rings (SSSR count). The van der Waals surface area contributed by atoms with Gasteiger partial charge in [0.2, 0.25) is 0 Å². The Bertz CT molecular complexity index is 2300. The average Bonchev–Trinajstić information content (AvgIpc) is 3.29. The van der Waals surface area contributed by atoms with Gasteiger partial charge in [0.1, 0.15) is 0 Å². The van der Waals surface area contributed by atoms with Crippen LogP contribution in [0.4, 0.5) is 0 Å². The molecule has 2 nitrogen and oxygen atoms in total. The van der Waals surface area contributed by atoms with Crippen molar-refractivity contribution in [1.82, 2.24) is 0 Å². The van der Waals surface area contributed by atoms with E-state index in [9.17, 15) is 0 Å². The summed E-state index contributed by atoms with van der Waals surface area (Å²) < 4.78 is 14.1. The Morgan fingerprint density at radius 1 is 0.345 bits per heavy atom. The predicted molar refractivity (Wildman–Crippen MR) is 255 cm³/mol. The third kappa shape index (κ3) is 8.86. The van der Waals surface area contributed by atoms with Gasteiger partial charge in [0.25, 0.3) is 0 Å². The monoisotopic (exact) mass is 832 g/mol. The maximum Gasteiger partial charge on any atom is 0.494 e. The molecule has 0 saturated carbocycles. The van der Waals surface area contributed by atoms with E-state index in [1.54, 1.807) is 0 Å². The average molecular weight is 834 g/mol. The second kappa shape index (κ2) is 16.4. The minimum atomic E-state index is -0.397. The summed E-state index contributed by atoms with van der Waals surface area (Å²) in [5.74, 6) is 0. The SMILES string of the molecule is Cc1cc(C)c(-c2cc(B3OC(C)(C)C(C)(C)O3)cc(-c3c(C)cc(C)cc3C)c2)c(C)c1.Cc1cc(C)c(-c2cc(Br)cc(-c3c(C)cc(C)cc3C)c2)c(C)c1. The number of aryl methyl sites for hydroxylation is 12. The second-order valence-corrected chi connectivity index (χ2v) is 19.2. The standard InChI is InChI=1S/C30H37BO2.C24H25Br/c1-18-11-20(3)27(21(4)12-18)24-15-25(28-22(5)13-19(2)14-23(28)6)17-26(16-24)31-32-29(7,8)30(9,10)33-31;1-14-7-16(3)23(17(4)8-14)20-11-21(13-22(25)12-20)24-18(5)9-15(2)10-19(24)6/h11-17H,1-10H3;7-13H,1-6H3.